The maximum Gasteiger partial charge on any atom is 0.410 e. The van der Waals surface area contributed by atoms with Crippen LogP contribution in [0.2, 0.25) is 0 Å². The van der Waals surface area contributed by atoms with Crippen molar-refractivity contribution in [3.8, 4) is 5.75 Å². The molecule has 2 heterocycles. The summed E-state index contributed by atoms with van der Waals surface area (Å²) in [7, 11) is 1.41. The minimum atomic E-state index is -0.600. The summed E-state index contributed by atoms with van der Waals surface area (Å²) in [6.45, 7) is 9.02. The zero-order valence-electron chi connectivity index (χ0n) is 18.7. The van der Waals surface area contributed by atoms with Crippen LogP contribution in [0.4, 0.5) is 10.7 Å². The van der Waals surface area contributed by atoms with Gasteiger partial charge in [-0.15, -0.1) is 4.73 Å². The van der Waals surface area contributed by atoms with E-state index in [2.05, 4.69) is 10.3 Å². The fourth-order valence-electron chi connectivity index (χ4n) is 3.27. The van der Waals surface area contributed by atoms with Crippen molar-refractivity contribution in [3.63, 3.8) is 0 Å². The van der Waals surface area contributed by atoms with Crippen LogP contribution in [0, 0.1) is 0 Å². The molecule has 1 aromatic heterocycles. The van der Waals surface area contributed by atoms with Gasteiger partial charge in [-0.3, -0.25) is 4.79 Å². The van der Waals surface area contributed by atoms with E-state index in [1.165, 1.54) is 12.0 Å². The molecule has 9 heteroatoms. The first-order valence-electron chi connectivity index (χ1n) is 10.3. The van der Waals surface area contributed by atoms with Gasteiger partial charge < -0.3 is 24.5 Å². The topological polar surface area (TPSA) is 94.9 Å². The van der Waals surface area contributed by atoms with Gasteiger partial charge in [0.05, 0.1) is 24.4 Å². The highest BCUT2D eigenvalue weighted by atomic mass is 16.7. The lowest BCUT2D eigenvalue weighted by Gasteiger charge is -2.30. The molecule has 31 heavy (non-hydrogen) atoms. The van der Waals surface area contributed by atoms with E-state index in [4.69, 9.17) is 14.3 Å². The van der Waals surface area contributed by atoms with E-state index in [9.17, 15) is 9.59 Å². The molecule has 0 aliphatic carbocycles. The van der Waals surface area contributed by atoms with Crippen LogP contribution in [0.3, 0.4) is 0 Å². The lowest BCUT2D eigenvalue weighted by atomic mass is 10.1. The van der Waals surface area contributed by atoms with Crippen molar-refractivity contribution in [2.45, 2.75) is 52.8 Å². The SMILES string of the molecule is CCOc1ccc(CNc2nc3c(c(=O)n2OC)CN(C(=O)OC(C)(C)C)CC3)cc1. The van der Waals surface area contributed by atoms with E-state index < -0.39 is 11.7 Å². The molecule has 1 N–H and O–H groups in total. The zero-order valence-corrected chi connectivity index (χ0v) is 18.7. The maximum absolute atomic E-state index is 13.0. The first kappa shape index (κ1) is 22.5. The summed E-state index contributed by atoms with van der Waals surface area (Å²) in [6.07, 6.45) is 0.0192. The van der Waals surface area contributed by atoms with Crippen molar-refractivity contribution in [2.75, 3.05) is 25.6 Å². The van der Waals surface area contributed by atoms with E-state index >= 15 is 0 Å². The van der Waals surface area contributed by atoms with Crippen molar-refractivity contribution < 1.29 is 19.1 Å². The third kappa shape index (κ3) is 5.48. The number of rotatable bonds is 6. The molecule has 168 valence electrons. The van der Waals surface area contributed by atoms with E-state index in [-0.39, 0.29) is 12.1 Å². The fraction of sp³-hybridized carbons (Fsp3) is 0.500. The van der Waals surface area contributed by atoms with Gasteiger partial charge in [-0.05, 0) is 45.4 Å². The lowest BCUT2D eigenvalue weighted by molar-refractivity contribution is 0.0219. The van der Waals surface area contributed by atoms with Crippen LogP contribution in [0.15, 0.2) is 29.1 Å². The third-order valence-corrected chi connectivity index (χ3v) is 4.71. The molecule has 9 nitrogen and oxygen atoms in total. The summed E-state index contributed by atoms with van der Waals surface area (Å²) in [5.41, 5.74) is 1.17. The number of ether oxygens (including phenoxy) is 2. The number of hydrogen-bond donors (Lipinski definition) is 1. The van der Waals surface area contributed by atoms with Crippen LogP contribution in [-0.4, -0.2) is 46.6 Å². The predicted octanol–water partition coefficient (Wildman–Crippen LogP) is 2.61. The molecule has 3 rings (SSSR count). The number of aromatic nitrogens is 2. The van der Waals surface area contributed by atoms with Gasteiger partial charge in [-0.25, -0.2) is 9.78 Å². The largest absolute Gasteiger partial charge is 0.494 e. The fourth-order valence-corrected chi connectivity index (χ4v) is 3.27. The smallest absolute Gasteiger partial charge is 0.410 e. The number of fused-ring (bicyclic) bond motifs is 1. The Balaban J connectivity index is 1.77. The minimum absolute atomic E-state index is 0.138. The predicted molar refractivity (Wildman–Crippen MR) is 116 cm³/mol. The molecule has 0 spiro atoms. The van der Waals surface area contributed by atoms with Crippen molar-refractivity contribution in [1.29, 1.82) is 0 Å². The van der Waals surface area contributed by atoms with Crippen LogP contribution >= 0.6 is 0 Å². The summed E-state index contributed by atoms with van der Waals surface area (Å²) in [4.78, 5) is 36.8. The van der Waals surface area contributed by atoms with Crippen LogP contribution in [0.5, 0.6) is 5.75 Å². The maximum atomic E-state index is 13.0. The van der Waals surface area contributed by atoms with Crippen LogP contribution in [-0.2, 0) is 24.2 Å². The number of anilines is 1. The summed E-state index contributed by atoms with van der Waals surface area (Å²) >= 11 is 0. The van der Waals surface area contributed by atoms with Crippen molar-refractivity contribution in [3.05, 3.63) is 51.4 Å². The van der Waals surface area contributed by atoms with Gasteiger partial charge in [-0.2, -0.15) is 0 Å². The highest BCUT2D eigenvalue weighted by Crippen LogP contribution is 2.19. The summed E-state index contributed by atoms with van der Waals surface area (Å²) in [5, 5.41) is 3.17. The Bertz CT molecular complexity index is 979. The second-order valence-corrected chi connectivity index (χ2v) is 8.23. The molecule has 2 aromatic rings. The normalized spacial score (nSPS) is 13.4. The number of carbonyl (C=O) groups excluding carboxylic acids is 1. The highest BCUT2D eigenvalue weighted by molar-refractivity contribution is 5.68. The molecule has 1 aliphatic heterocycles. The molecule has 0 saturated carbocycles. The Morgan fingerprint density at radius 1 is 1.23 bits per heavy atom. The molecule has 0 fully saturated rings. The van der Waals surface area contributed by atoms with Crippen LogP contribution < -0.4 is 20.5 Å². The van der Waals surface area contributed by atoms with Gasteiger partial charge in [0.1, 0.15) is 18.5 Å². The molecule has 0 atom stereocenters. The molecular weight excluding hydrogens is 400 g/mol. The molecule has 0 bridgehead atoms. The minimum Gasteiger partial charge on any atom is -0.494 e. The Morgan fingerprint density at radius 3 is 2.55 bits per heavy atom. The molecule has 0 unspecified atom stereocenters. The summed E-state index contributed by atoms with van der Waals surface area (Å²) in [5.74, 6) is 1.13. The third-order valence-electron chi connectivity index (χ3n) is 4.71. The Kier molecular flexibility index (Phi) is 6.72. The van der Waals surface area contributed by atoms with Crippen LogP contribution in [0.1, 0.15) is 44.5 Å². The number of amides is 1. The van der Waals surface area contributed by atoms with Crippen molar-refractivity contribution in [2.24, 2.45) is 0 Å². The standard InChI is InChI=1S/C22H30N4O5/c1-6-30-16-9-7-15(8-10-16)13-23-20-24-18-11-12-25(21(28)31-22(2,3)4)14-17(18)19(27)26(20)29-5/h7-10H,6,11-14H2,1-5H3,(H,23,24). The Morgan fingerprint density at radius 2 is 1.94 bits per heavy atom. The highest BCUT2D eigenvalue weighted by Gasteiger charge is 2.29. The van der Waals surface area contributed by atoms with Gasteiger partial charge in [0.25, 0.3) is 5.56 Å². The average molecular weight is 431 g/mol. The van der Waals surface area contributed by atoms with Gasteiger partial charge in [0.15, 0.2) is 0 Å². The summed E-state index contributed by atoms with van der Waals surface area (Å²) in [6, 6.07) is 7.69. The Hall–Kier alpha value is -3.23. The number of hydrogen-bond acceptors (Lipinski definition) is 7. The molecule has 0 radical (unpaired) electrons. The number of benzene rings is 1. The first-order chi connectivity index (χ1) is 14.7. The molecule has 1 aliphatic rings. The van der Waals surface area contributed by atoms with E-state index in [0.717, 1.165) is 16.0 Å². The van der Waals surface area contributed by atoms with E-state index in [0.29, 0.717) is 43.3 Å². The second-order valence-electron chi connectivity index (χ2n) is 8.23. The molecular formula is C22H30N4O5. The van der Waals surface area contributed by atoms with Gasteiger partial charge in [0, 0.05) is 19.5 Å². The quantitative estimate of drug-likeness (QED) is 0.753. The number of carbonyl (C=O) groups is 1. The molecule has 1 amide bonds. The number of nitrogens with one attached hydrogen (secondary N) is 1. The molecule has 1 aromatic carbocycles. The van der Waals surface area contributed by atoms with Gasteiger partial charge in [-0.1, -0.05) is 12.1 Å². The van der Waals surface area contributed by atoms with E-state index in [1.54, 1.807) is 0 Å². The number of nitrogens with zero attached hydrogens (tertiary/aromatic N) is 3. The first-order valence-corrected chi connectivity index (χ1v) is 10.3. The van der Waals surface area contributed by atoms with Crippen LogP contribution in [0.25, 0.3) is 0 Å². The Labute approximate surface area is 181 Å². The zero-order chi connectivity index (χ0) is 22.6. The van der Waals surface area contributed by atoms with Crippen molar-refractivity contribution >= 4 is 12.0 Å². The second kappa shape index (κ2) is 9.28. The summed E-state index contributed by atoms with van der Waals surface area (Å²) < 4.78 is 12.0. The monoisotopic (exact) mass is 430 g/mol. The average Bonchev–Trinajstić information content (AvgIpc) is 2.72. The van der Waals surface area contributed by atoms with E-state index in [1.807, 2.05) is 52.0 Å². The van der Waals surface area contributed by atoms with Gasteiger partial charge in [0.2, 0.25) is 5.95 Å². The van der Waals surface area contributed by atoms with Gasteiger partial charge >= 0.3 is 6.09 Å². The van der Waals surface area contributed by atoms with Crippen molar-refractivity contribution in [1.82, 2.24) is 14.6 Å². The lowest BCUT2D eigenvalue weighted by Crippen LogP contribution is -2.44. The molecule has 0 saturated heterocycles.